The van der Waals surface area contributed by atoms with Gasteiger partial charge in [-0.05, 0) is 6.92 Å². The SMILES string of the molecule is C/C(=N\N1CCOCC1)c1cccc([N+](=O)[O-])c1. The number of rotatable bonds is 3. The van der Waals surface area contributed by atoms with E-state index in [0.29, 0.717) is 13.2 Å². The Morgan fingerprint density at radius 1 is 1.44 bits per heavy atom. The molecule has 0 spiro atoms. The fourth-order valence-electron chi connectivity index (χ4n) is 1.77. The van der Waals surface area contributed by atoms with Gasteiger partial charge < -0.3 is 4.74 Å². The van der Waals surface area contributed by atoms with E-state index in [1.54, 1.807) is 12.1 Å². The van der Waals surface area contributed by atoms with Crippen LogP contribution in [-0.4, -0.2) is 41.9 Å². The van der Waals surface area contributed by atoms with Crippen LogP contribution < -0.4 is 0 Å². The minimum Gasteiger partial charge on any atom is -0.378 e. The molecule has 6 nitrogen and oxygen atoms in total. The first kappa shape index (κ1) is 12.5. The average molecular weight is 249 g/mol. The lowest BCUT2D eigenvalue weighted by molar-refractivity contribution is -0.384. The van der Waals surface area contributed by atoms with Crippen LogP contribution in [0.3, 0.4) is 0 Å². The molecule has 1 aromatic rings. The van der Waals surface area contributed by atoms with Gasteiger partial charge in [-0.25, -0.2) is 0 Å². The molecule has 1 aliphatic rings. The summed E-state index contributed by atoms with van der Waals surface area (Å²) in [5.41, 5.74) is 1.64. The van der Waals surface area contributed by atoms with Crippen molar-refractivity contribution in [3.8, 4) is 0 Å². The molecule has 1 fully saturated rings. The quantitative estimate of drug-likeness (QED) is 0.464. The van der Waals surface area contributed by atoms with Crippen molar-refractivity contribution in [2.75, 3.05) is 26.3 Å². The van der Waals surface area contributed by atoms with Crippen molar-refractivity contribution in [2.24, 2.45) is 5.10 Å². The van der Waals surface area contributed by atoms with Crippen molar-refractivity contribution < 1.29 is 9.66 Å². The van der Waals surface area contributed by atoms with Gasteiger partial charge in [-0.3, -0.25) is 15.1 Å². The number of nitro benzene ring substituents is 1. The predicted molar refractivity (Wildman–Crippen MR) is 67.7 cm³/mol. The summed E-state index contributed by atoms with van der Waals surface area (Å²) in [6.07, 6.45) is 0. The van der Waals surface area contributed by atoms with Crippen LogP contribution in [0, 0.1) is 10.1 Å². The highest BCUT2D eigenvalue weighted by molar-refractivity contribution is 5.99. The number of morpholine rings is 1. The lowest BCUT2D eigenvalue weighted by atomic mass is 10.1. The summed E-state index contributed by atoms with van der Waals surface area (Å²) in [7, 11) is 0. The van der Waals surface area contributed by atoms with E-state index < -0.39 is 4.92 Å². The number of hydrogen-bond acceptors (Lipinski definition) is 5. The topological polar surface area (TPSA) is 68.0 Å². The smallest absolute Gasteiger partial charge is 0.270 e. The Bertz CT molecular complexity index is 467. The molecule has 6 heteroatoms. The minimum atomic E-state index is -0.397. The molecule has 1 saturated heterocycles. The summed E-state index contributed by atoms with van der Waals surface area (Å²) in [5, 5.41) is 17.1. The minimum absolute atomic E-state index is 0.0871. The van der Waals surface area contributed by atoms with Gasteiger partial charge in [-0.2, -0.15) is 5.10 Å². The summed E-state index contributed by atoms with van der Waals surface area (Å²) in [4.78, 5) is 10.3. The molecule has 1 aromatic carbocycles. The van der Waals surface area contributed by atoms with Gasteiger partial charge >= 0.3 is 0 Å². The van der Waals surface area contributed by atoms with Crippen LogP contribution in [0.25, 0.3) is 0 Å². The van der Waals surface area contributed by atoms with Crippen molar-refractivity contribution in [3.63, 3.8) is 0 Å². The van der Waals surface area contributed by atoms with Gasteiger partial charge in [0.15, 0.2) is 0 Å². The van der Waals surface area contributed by atoms with Gasteiger partial charge in [0, 0.05) is 17.7 Å². The molecular formula is C12H15N3O3. The first-order valence-corrected chi connectivity index (χ1v) is 5.79. The van der Waals surface area contributed by atoms with Gasteiger partial charge in [0.05, 0.1) is 36.9 Å². The monoisotopic (exact) mass is 249 g/mol. The highest BCUT2D eigenvalue weighted by Gasteiger charge is 2.10. The van der Waals surface area contributed by atoms with Crippen LogP contribution in [0.1, 0.15) is 12.5 Å². The van der Waals surface area contributed by atoms with E-state index in [2.05, 4.69) is 5.10 Å². The summed E-state index contributed by atoms with van der Waals surface area (Å²) in [6.45, 7) is 4.71. The van der Waals surface area contributed by atoms with Crippen LogP contribution in [0.2, 0.25) is 0 Å². The van der Waals surface area contributed by atoms with Crippen LogP contribution in [0.15, 0.2) is 29.4 Å². The molecular weight excluding hydrogens is 234 g/mol. The molecule has 0 N–H and O–H groups in total. The third-order valence-electron chi connectivity index (χ3n) is 2.75. The van der Waals surface area contributed by atoms with Crippen molar-refractivity contribution in [3.05, 3.63) is 39.9 Å². The van der Waals surface area contributed by atoms with E-state index in [-0.39, 0.29) is 5.69 Å². The number of benzene rings is 1. The summed E-state index contributed by atoms with van der Waals surface area (Å²) < 4.78 is 5.24. The second-order valence-corrected chi connectivity index (χ2v) is 4.06. The second kappa shape index (κ2) is 5.59. The zero-order valence-corrected chi connectivity index (χ0v) is 10.2. The van der Waals surface area contributed by atoms with Gasteiger partial charge in [0.2, 0.25) is 0 Å². The average Bonchev–Trinajstić information content (AvgIpc) is 2.40. The maximum Gasteiger partial charge on any atom is 0.270 e. The molecule has 0 unspecified atom stereocenters. The lowest BCUT2D eigenvalue weighted by Crippen LogP contribution is -2.33. The molecule has 96 valence electrons. The highest BCUT2D eigenvalue weighted by atomic mass is 16.6. The molecule has 0 saturated carbocycles. The molecule has 0 amide bonds. The van der Waals surface area contributed by atoms with E-state index >= 15 is 0 Å². The standard InChI is InChI=1S/C12H15N3O3/c1-10(13-14-5-7-18-8-6-14)11-3-2-4-12(9-11)15(16)17/h2-4,9H,5-8H2,1H3/b13-10+. The van der Waals surface area contributed by atoms with Crippen LogP contribution >= 0.6 is 0 Å². The van der Waals surface area contributed by atoms with Gasteiger partial charge in [0.25, 0.3) is 5.69 Å². The third kappa shape index (κ3) is 3.04. The number of nitro groups is 1. The number of nitrogens with zero attached hydrogens (tertiary/aromatic N) is 3. The third-order valence-corrected chi connectivity index (χ3v) is 2.75. The highest BCUT2D eigenvalue weighted by Crippen LogP contribution is 2.14. The Hall–Kier alpha value is -1.95. The molecule has 0 aliphatic carbocycles. The molecule has 0 atom stereocenters. The first-order chi connectivity index (χ1) is 8.66. The molecule has 0 aromatic heterocycles. The van der Waals surface area contributed by atoms with Crippen molar-refractivity contribution in [1.29, 1.82) is 0 Å². The van der Waals surface area contributed by atoms with E-state index in [9.17, 15) is 10.1 Å². The second-order valence-electron chi connectivity index (χ2n) is 4.06. The summed E-state index contributed by atoms with van der Waals surface area (Å²) in [6, 6.07) is 6.52. The van der Waals surface area contributed by atoms with Crippen molar-refractivity contribution >= 4 is 11.4 Å². The zero-order valence-electron chi connectivity index (χ0n) is 10.2. The maximum absolute atomic E-state index is 10.7. The van der Waals surface area contributed by atoms with Crippen LogP contribution in [0.4, 0.5) is 5.69 Å². The first-order valence-electron chi connectivity index (χ1n) is 5.79. The Morgan fingerprint density at radius 3 is 2.83 bits per heavy atom. The number of hydrazone groups is 1. The number of hydrogen-bond donors (Lipinski definition) is 0. The predicted octanol–water partition coefficient (Wildman–Crippen LogP) is 1.65. The van der Waals surface area contributed by atoms with Crippen molar-refractivity contribution in [2.45, 2.75) is 6.92 Å². The van der Waals surface area contributed by atoms with E-state index in [1.165, 1.54) is 6.07 Å². The van der Waals surface area contributed by atoms with Crippen LogP contribution in [0.5, 0.6) is 0 Å². The fourth-order valence-corrected chi connectivity index (χ4v) is 1.77. The van der Waals surface area contributed by atoms with Crippen LogP contribution in [-0.2, 0) is 4.74 Å². The van der Waals surface area contributed by atoms with E-state index in [4.69, 9.17) is 4.74 Å². The summed E-state index contributed by atoms with van der Waals surface area (Å²) in [5.74, 6) is 0. The maximum atomic E-state index is 10.7. The van der Waals surface area contributed by atoms with Crippen molar-refractivity contribution in [1.82, 2.24) is 5.01 Å². The lowest BCUT2D eigenvalue weighted by Gasteiger charge is -2.24. The largest absolute Gasteiger partial charge is 0.378 e. The van der Waals surface area contributed by atoms with E-state index in [1.807, 2.05) is 18.0 Å². The zero-order chi connectivity index (χ0) is 13.0. The van der Waals surface area contributed by atoms with E-state index in [0.717, 1.165) is 24.4 Å². The molecule has 1 heterocycles. The molecule has 0 bridgehead atoms. The number of non-ortho nitro benzene ring substituents is 1. The van der Waals surface area contributed by atoms with Gasteiger partial charge in [0.1, 0.15) is 0 Å². The summed E-state index contributed by atoms with van der Waals surface area (Å²) >= 11 is 0. The molecule has 0 radical (unpaired) electrons. The number of ether oxygens (including phenoxy) is 1. The fraction of sp³-hybridized carbons (Fsp3) is 0.417. The Kier molecular flexibility index (Phi) is 3.88. The van der Waals surface area contributed by atoms with Gasteiger partial charge in [-0.15, -0.1) is 0 Å². The Labute approximate surface area is 105 Å². The molecule has 1 aliphatic heterocycles. The molecule has 18 heavy (non-hydrogen) atoms. The normalized spacial score (nSPS) is 16.7. The Morgan fingerprint density at radius 2 is 2.17 bits per heavy atom. The molecule has 2 rings (SSSR count). The van der Waals surface area contributed by atoms with Gasteiger partial charge in [-0.1, -0.05) is 12.1 Å². The Balaban J connectivity index is 2.16.